The largest absolute Gasteiger partial charge is 0.453 e. The molecule has 0 aliphatic carbocycles. The van der Waals surface area contributed by atoms with Crippen LogP contribution in [0.4, 0.5) is 0 Å². The van der Waals surface area contributed by atoms with E-state index in [0.717, 1.165) is 0 Å². The number of rotatable bonds is 4. The lowest BCUT2D eigenvalue weighted by Crippen LogP contribution is -2.24. The van der Waals surface area contributed by atoms with Gasteiger partial charge in [0.05, 0.1) is 6.35 Å². The van der Waals surface area contributed by atoms with Crippen LogP contribution < -0.4 is 0 Å². The van der Waals surface area contributed by atoms with Crippen molar-refractivity contribution in [1.29, 1.82) is 0 Å². The number of ether oxygens (including phenoxy) is 1. The fraction of sp³-hybridized carbons (Fsp3) is 1.00. The molecule has 3 nitrogen and oxygen atoms in total. The van der Waals surface area contributed by atoms with Crippen molar-refractivity contribution in [3.05, 3.63) is 0 Å². The minimum Gasteiger partial charge on any atom is -0.453 e. The Hall–Kier alpha value is 0.215. The molecule has 0 fully saturated rings. The molecule has 0 aromatic carbocycles. The predicted molar refractivity (Wildman–Crippen MR) is 44.3 cm³/mol. The molecular weight excluding hydrogens is 150 g/mol. The highest BCUT2D eigenvalue weighted by atomic mass is 31.1. The van der Waals surface area contributed by atoms with Crippen molar-refractivity contribution < 1.29 is 14.3 Å². The predicted octanol–water partition coefficient (Wildman–Crippen LogP) is 0.230. The Morgan fingerprint density at radius 3 is 2.50 bits per heavy atom. The van der Waals surface area contributed by atoms with Crippen molar-refractivity contribution >= 4 is 15.3 Å². The summed E-state index contributed by atoms with van der Waals surface area (Å²) in [7, 11) is -0.327. The Morgan fingerprint density at radius 1 is 1.70 bits per heavy atom. The Labute approximate surface area is 62.8 Å². The molecule has 0 aromatic heterocycles. The maximum atomic E-state index is 11.2. The molecule has 0 aliphatic heterocycles. The summed E-state index contributed by atoms with van der Waals surface area (Å²) < 4.78 is 15.9. The highest BCUT2D eigenvalue weighted by Gasteiger charge is 2.25. The Balaban J connectivity index is 3.91. The first kappa shape index (κ1) is 10.2. The molecule has 0 aliphatic rings. The van der Waals surface area contributed by atoms with Gasteiger partial charge in [0.1, 0.15) is 7.80 Å². The summed E-state index contributed by atoms with van der Waals surface area (Å²) >= 11 is 0. The average Bonchev–Trinajstić information content (AvgIpc) is 1.89. The third-order valence-electron chi connectivity index (χ3n) is 1.43. The van der Waals surface area contributed by atoms with E-state index < -0.39 is 12.9 Å². The van der Waals surface area contributed by atoms with Gasteiger partial charge < -0.3 is 14.3 Å². The molecule has 60 valence electrons. The van der Waals surface area contributed by atoms with E-state index >= 15 is 0 Å². The molecule has 0 radical (unpaired) electrons. The van der Waals surface area contributed by atoms with Crippen LogP contribution in [-0.2, 0) is 9.30 Å². The third-order valence-corrected chi connectivity index (χ3v) is 3.64. The third kappa shape index (κ3) is 2.87. The van der Waals surface area contributed by atoms with Gasteiger partial charge in [0.15, 0.2) is 0 Å². The number of hydrogen-bond acceptors (Lipinski definition) is 3. The molecule has 0 saturated heterocycles. The van der Waals surface area contributed by atoms with Crippen LogP contribution in [0, 0.1) is 0 Å². The van der Waals surface area contributed by atoms with E-state index in [0.29, 0.717) is 0 Å². The molecule has 0 rings (SSSR count). The summed E-state index contributed by atoms with van der Waals surface area (Å²) in [4.78, 5) is 0. The molecule has 0 aromatic rings. The van der Waals surface area contributed by atoms with Crippen molar-refractivity contribution in [2.45, 2.75) is 18.9 Å². The Bertz CT molecular complexity index is 126. The van der Waals surface area contributed by atoms with Gasteiger partial charge >= 0.3 is 0 Å². The van der Waals surface area contributed by atoms with Crippen LogP contribution in [0.25, 0.3) is 0 Å². The fourth-order valence-corrected chi connectivity index (χ4v) is 1.24. The van der Waals surface area contributed by atoms with Crippen molar-refractivity contribution in [3.8, 4) is 0 Å². The van der Waals surface area contributed by atoms with Crippen LogP contribution in [0.2, 0.25) is 0 Å². The first-order valence-corrected chi connectivity index (χ1v) is 4.79. The van der Waals surface area contributed by atoms with E-state index in [2.05, 4.69) is 0 Å². The van der Waals surface area contributed by atoms with E-state index in [1.165, 1.54) is 7.11 Å². The summed E-state index contributed by atoms with van der Waals surface area (Å²) in [5, 5.41) is 8.29. The summed E-state index contributed by atoms with van der Waals surface area (Å²) in [6.07, 6.45) is 0.262. The van der Waals surface area contributed by atoms with E-state index in [9.17, 15) is 4.57 Å². The van der Waals surface area contributed by atoms with Gasteiger partial charge in [0.2, 0.25) is 0 Å². The van der Waals surface area contributed by atoms with E-state index in [1.54, 1.807) is 13.8 Å². The molecule has 5 heteroatoms. The van der Waals surface area contributed by atoms with Crippen molar-refractivity contribution in [2.75, 3.05) is 13.5 Å². The normalized spacial score (nSPS) is 14.8. The maximum Gasteiger partial charge on any atom is 0.283 e. The topological polar surface area (TPSA) is 46.5 Å². The molecule has 0 bridgehead atoms. The summed E-state index contributed by atoms with van der Waals surface area (Å²) in [5.74, 6) is 0. The van der Waals surface area contributed by atoms with Gasteiger partial charge in [-0.05, 0) is 0 Å². The minimum absolute atomic E-state index is 0.0475. The number of methoxy groups -OCH3 is 1. The highest BCUT2D eigenvalue weighted by molar-refractivity contribution is 7.48. The molecular formula is C5H14BO3P. The van der Waals surface area contributed by atoms with Gasteiger partial charge in [-0.2, -0.15) is 0 Å². The Kier molecular flexibility index (Phi) is 4.26. The van der Waals surface area contributed by atoms with E-state index in [-0.39, 0.29) is 13.8 Å². The second-order valence-electron chi connectivity index (χ2n) is 2.90. The lowest BCUT2D eigenvalue weighted by atomic mass is 9.83. The fourth-order valence-electron chi connectivity index (χ4n) is 0.415. The van der Waals surface area contributed by atoms with Crippen LogP contribution in [0.5, 0.6) is 0 Å². The van der Waals surface area contributed by atoms with Crippen molar-refractivity contribution in [2.24, 2.45) is 0 Å². The van der Waals surface area contributed by atoms with Gasteiger partial charge in [-0.3, -0.25) is 0 Å². The zero-order valence-corrected chi connectivity index (χ0v) is 7.68. The second-order valence-corrected chi connectivity index (χ2v) is 5.39. The average molecular weight is 164 g/mol. The van der Waals surface area contributed by atoms with E-state index in [4.69, 9.17) is 9.76 Å². The van der Waals surface area contributed by atoms with E-state index in [1.807, 2.05) is 0 Å². The molecule has 0 saturated carbocycles. The maximum absolute atomic E-state index is 11.2. The Morgan fingerprint density at radius 2 is 2.20 bits per heavy atom. The molecule has 1 atom stereocenters. The van der Waals surface area contributed by atoms with Crippen molar-refractivity contribution in [3.63, 3.8) is 0 Å². The molecule has 10 heavy (non-hydrogen) atoms. The first-order chi connectivity index (χ1) is 4.54. The van der Waals surface area contributed by atoms with Crippen LogP contribution in [-0.4, -0.2) is 31.0 Å². The van der Waals surface area contributed by atoms with Crippen LogP contribution in [0.3, 0.4) is 0 Å². The molecule has 1 N–H and O–H groups in total. The number of hydrogen-bond donors (Lipinski definition) is 1. The summed E-state index contributed by atoms with van der Waals surface area (Å²) in [6.45, 7) is 3.54. The zero-order valence-electron chi connectivity index (χ0n) is 6.68. The summed E-state index contributed by atoms with van der Waals surface area (Å²) in [6, 6.07) is 0. The van der Waals surface area contributed by atoms with Gasteiger partial charge in [-0.1, -0.05) is 13.8 Å². The SMILES string of the molecule is COC[PH](=O)C(C)(C)BO. The molecule has 0 amide bonds. The second kappa shape index (κ2) is 4.17. The first-order valence-electron chi connectivity index (χ1n) is 3.17. The van der Waals surface area contributed by atoms with Gasteiger partial charge in [-0.25, -0.2) is 0 Å². The van der Waals surface area contributed by atoms with Crippen LogP contribution in [0.15, 0.2) is 0 Å². The molecule has 0 heterocycles. The highest BCUT2D eigenvalue weighted by Crippen LogP contribution is 2.36. The quantitative estimate of drug-likeness (QED) is 0.477. The monoisotopic (exact) mass is 164 g/mol. The molecule has 1 unspecified atom stereocenters. The smallest absolute Gasteiger partial charge is 0.283 e. The molecule has 0 spiro atoms. The van der Waals surface area contributed by atoms with Gasteiger partial charge in [0, 0.05) is 12.2 Å². The van der Waals surface area contributed by atoms with Gasteiger partial charge in [0.25, 0.3) is 7.48 Å². The summed E-state index contributed by atoms with van der Waals surface area (Å²) in [5.41, 5.74) is 0. The lowest BCUT2D eigenvalue weighted by molar-refractivity contribution is 0.250. The van der Waals surface area contributed by atoms with Crippen molar-refractivity contribution in [1.82, 2.24) is 0 Å². The van der Waals surface area contributed by atoms with Gasteiger partial charge in [-0.15, -0.1) is 0 Å². The van der Waals surface area contributed by atoms with Crippen LogP contribution >= 0.6 is 7.80 Å². The minimum atomic E-state index is -1.79. The zero-order chi connectivity index (χ0) is 8.20. The standard InChI is InChI=1S/C5H14BO3P/c1-5(2,6-7)10(8)4-9-3/h6-7,10H,4H2,1-3H3. The lowest BCUT2D eigenvalue weighted by Gasteiger charge is -2.18. The van der Waals surface area contributed by atoms with Crippen LogP contribution in [0.1, 0.15) is 13.8 Å².